The van der Waals surface area contributed by atoms with Crippen molar-refractivity contribution in [1.82, 2.24) is 4.98 Å². The van der Waals surface area contributed by atoms with Gasteiger partial charge in [0.1, 0.15) is 0 Å². The number of amides is 1. The summed E-state index contributed by atoms with van der Waals surface area (Å²) >= 11 is 7.51. The molecule has 0 saturated heterocycles. The molecule has 1 heterocycles. The Labute approximate surface area is 150 Å². The van der Waals surface area contributed by atoms with Gasteiger partial charge in [0.05, 0.1) is 5.03 Å². The van der Waals surface area contributed by atoms with Crippen molar-refractivity contribution in [3.05, 3.63) is 89.1 Å². The number of nitrogens with one attached hydrogen (secondary N) is 1. The second-order valence-electron chi connectivity index (χ2n) is 5.11. The third-order valence-corrected chi connectivity index (χ3v) is 4.61. The number of pyridine rings is 1. The van der Waals surface area contributed by atoms with Crippen LogP contribution in [0.1, 0.15) is 15.9 Å². The maximum atomic E-state index is 12.2. The van der Waals surface area contributed by atoms with Crippen LogP contribution in [0.4, 0.5) is 5.69 Å². The van der Waals surface area contributed by atoms with E-state index in [-0.39, 0.29) is 5.91 Å². The lowest BCUT2D eigenvalue weighted by Gasteiger charge is -2.06. The van der Waals surface area contributed by atoms with Crippen molar-refractivity contribution in [2.75, 3.05) is 5.32 Å². The molecular weight excluding hydrogens is 340 g/mol. The Bertz CT molecular complexity index is 805. The summed E-state index contributed by atoms with van der Waals surface area (Å²) in [4.78, 5) is 16.5. The summed E-state index contributed by atoms with van der Waals surface area (Å²) in [5, 5.41) is 4.48. The Morgan fingerprint density at radius 3 is 2.42 bits per heavy atom. The van der Waals surface area contributed by atoms with Crippen LogP contribution in [0.2, 0.25) is 5.02 Å². The van der Waals surface area contributed by atoms with Gasteiger partial charge >= 0.3 is 0 Å². The van der Waals surface area contributed by atoms with Crippen molar-refractivity contribution in [1.29, 1.82) is 0 Å². The topological polar surface area (TPSA) is 42.0 Å². The van der Waals surface area contributed by atoms with Crippen LogP contribution in [-0.2, 0) is 5.75 Å². The minimum Gasteiger partial charge on any atom is -0.322 e. The average molecular weight is 355 g/mol. The molecule has 0 bridgehead atoms. The zero-order chi connectivity index (χ0) is 16.8. The van der Waals surface area contributed by atoms with Crippen molar-refractivity contribution in [3.63, 3.8) is 0 Å². The smallest absolute Gasteiger partial charge is 0.255 e. The van der Waals surface area contributed by atoms with Crippen molar-refractivity contribution >= 4 is 35.0 Å². The molecule has 1 amide bonds. The first-order valence-electron chi connectivity index (χ1n) is 7.40. The highest BCUT2D eigenvalue weighted by atomic mass is 35.5. The Balaban J connectivity index is 1.59. The molecule has 0 unspecified atom stereocenters. The lowest BCUT2D eigenvalue weighted by atomic mass is 10.1. The van der Waals surface area contributed by atoms with Gasteiger partial charge < -0.3 is 5.32 Å². The summed E-state index contributed by atoms with van der Waals surface area (Å²) in [5.74, 6) is 0.678. The lowest BCUT2D eigenvalue weighted by molar-refractivity contribution is 0.102. The van der Waals surface area contributed by atoms with E-state index in [1.807, 2.05) is 42.5 Å². The van der Waals surface area contributed by atoms with Crippen LogP contribution < -0.4 is 5.32 Å². The molecule has 1 N–H and O–H groups in total. The normalized spacial score (nSPS) is 10.4. The molecule has 2 aromatic carbocycles. The number of halogens is 1. The van der Waals surface area contributed by atoms with Gasteiger partial charge in [0.15, 0.2) is 0 Å². The monoisotopic (exact) mass is 354 g/mol. The zero-order valence-electron chi connectivity index (χ0n) is 12.8. The molecule has 0 aliphatic carbocycles. The van der Waals surface area contributed by atoms with Crippen LogP contribution in [-0.4, -0.2) is 10.9 Å². The third kappa shape index (κ3) is 4.60. The summed E-state index contributed by atoms with van der Waals surface area (Å²) in [6.07, 6.45) is 1.78. The molecular formula is C19H15ClN2OS. The number of benzene rings is 2. The van der Waals surface area contributed by atoms with Gasteiger partial charge in [-0.1, -0.05) is 29.8 Å². The van der Waals surface area contributed by atoms with Gasteiger partial charge in [-0.15, -0.1) is 11.8 Å². The fourth-order valence-electron chi connectivity index (χ4n) is 2.08. The van der Waals surface area contributed by atoms with Gasteiger partial charge in [-0.05, 0) is 54.1 Å². The van der Waals surface area contributed by atoms with Gasteiger partial charge in [-0.25, -0.2) is 4.98 Å². The van der Waals surface area contributed by atoms with Crippen LogP contribution in [0.15, 0.2) is 78.0 Å². The molecule has 0 atom stereocenters. The largest absolute Gasteiger partial charge is 0.322 e. The minimum absolute atomic E-state index is 0.138. The molecule has 0 aliphatic heterocycles. The summed E-state index contributed by atoms with van der Waals surface area (Å²) in [6, 6.07) is 20.5. The molecule has 0 fully saturated rings. The predicted molar refractivity (Wildman–Crippen MR) is 99.6 cm³/mol. The predicted octanol–water partition coefficient (Wildman–Crippen LogP) is 5.28. The van der Waals surface area contributed by atoms with Crippen molar-refractivity contribution < 1.29 is 4.79 Å². The first-order valence-corrected chi connectivity index (χ1v) is 8.77. The highest BCUT2D eigenvalue weighted by Gasteiger charge is 2.06. The summed E-state index contributed by atoms with van der Waals surface area (Å²) in [5.41, 5.74) is 2.49. The van der Waals surface area contributed by atoms with E-state index >= 15 is 0 Å². The van der Waals surface area contributed by atoms with Crippen LogP contribution >= 0.6 is 23.4 Å². The number of carbonyl (C=O) groups excluding carboxylic acids is 1. The molecule has 1 aromatic heterocycles. The minimum atomic E-state index is -0.138. The van der Waals surface area contributed by atoms with E-state index < -0.39 is 0 Å². The molecule has 0 saturated carbocycles. The molecule has 120 valence electrons. The zero-order valence-corrected chi connectivity index (χ0v) is 14.3. The van der Waals surface area contributed by atoms with Gasteiger partial charge in [-0.2, -0.15) is 0 Å². The number of aromatic nitrogens is 1. The number of nitrogens with zero attached hydrogens (tertiary/aromatic N) is 1. The van der Waals surface area contributed by atoms with E-state index in [1.165, 1.54) is 0 Å². The summed E-state index contributed by atoms with van der Waals surface area (Å²) < 4.78 is 0. The standard InChI is InChI=1S/C19H15ClN2OS/c20-16-8-10-17(11-9-16)22-19(23)15-6-4-14(5-7-15)13-24-18-3-1-2-12-21-18/h1-12H,13H2,(H,22,23). The van der Waals surface area contributed by atoms with Crippen LogP contribution in [0.5, 0.6) is 0 Å². The van der Waals surface area contributed by atoms with E-state index in [9.17, 15) is 4.79 Å². The van der Waals surface area contributed by atoms with Crippen LogP contribution in [0.3, 0.4) is 0 Å². The highest BCUT2D eigenvalue weighted by Crippen LogP contribution is 2.21. The average Bonchev–Trinajstić information content (AvgIpc) is 2.63. The first-order chi connectivity index (χ1) is 11.7. The second kappa shape index (κ2) is 7.99. The van der Waals surface area contributed by atoms with Crippen molar-refractivity contribution in [3.8, 4) is 0 Å². The first kappa shape index (κ1) is 16.6. The molecule has 24 heavy (non-hydrogen) atoms. The third-order valence-electron chi connectivity index (χ3n) is 3.34. The Kier molecular flexibility index (Phi) is 5.51. The molecule has 0 radical (unpaired) electrons. The van der Waals surface area contributed by atoms with Gasteiger partial charge in [0.25, 0.3) is 5.91 Å². The van der Waals surface area contributed by atoms with E-state index in [2.05, 4.69) is 10.3 Å². The highest BCUT2D eigenvalue weighted by molar-refractivity contribution is 7.98. The SMILES string of the molecule is O=C(Nc1ccc(Cl)cc1)c1ccc(CSc2ccccn2)cc1. The number of thioether (sulfide) groups is 1. The Morgan fingerprint density at radius 1 is 1.00 bits per heavy atom. The maximum absolute atomic E-state index is 12.2. The number of anilines is 1. The summed E-state index contributed by atoms with van der Waals surface area (Å²) in [6.45, 7) is 0. The molecule has 3 nitrogen and oxygen atoms in total. The molecule has 5 heteroatoms. The van der Waals surface area contributed by atoms with E-state index in [0.717, 1.165) is 22.0 Å². The van der Waals surface area contributed by atoms with Gasteiger partial charge in [0, 0.05) is 28.2 Å². The maximum Gasteiger partial charge on any atom is 0.255 e. The summed E-state index contributed by atoms with van der Waals surface area (Å²) in [7, 11) is 0. The van der Waals surface area contributed by atoms with Crippen LogP contribution in [0, 0.1) is 0 Å². The molecule has 3 rings (SSSR count). The molecule has 0 aliphatic rings. The second-order valence-corrected chi connectivity index (χ2v) is 6.55. The van der Waals surface area contributed by atoms with Gasteiger partial charge in [-0.3, -0.25) is 4.79 Å². The number of carbonyl (C=O) groups is 1. The van der Waals surface area contributed by atoms with E-state index in [1.54, 1.807) is 42.2 Å². The van der Waals surface area contributed by atoms with Crippen molar-refractivity contribution in [2.24, 2.45) is 0 Å². The van der Waals surface area contributed by atoms with Gasteiger partial charge in [0.2, 0.25) is 0 Å². The van der Waals surface area contributed by atoms with E-state index in [0.29, 0.717) is 10.6 Å². The Hall–Kier alpha value is -2.30. The fraction of sp³-hybridized carbons (Fsp3) is 0.0526. The van der Waals surface area contributed by atoms with E-state index in [4.69, 9.17) is 11.6 Å². The molecule has 3 aromatic rings. The Morgan fingerprint density at radius 2 is 1.75 bits per heavy atom. The lowest BCUT2D eigenvalue weighted by Crippen LogP contribution is -2.11. The quantitative estimate of drug-likeness (QED) is 0.634. The van der Waals surface area contributed by atoms with Crippen molar-refractivity contribution in [2.45, 2.75) is 10.8 Å². The number of rotatable bonds is 5. The molecule has 0 spiro atoms. The fourth-order valence-corrected chi connectivity index (χ4v) is 3.02. The van der Waals surface area contributed by atoms with Crippen LogP contribution in [0.25, 0.3) is 0 Å². The number of hydrogen-bond acceptors (Lipinski definition) is 3. The number of hydrogen-bond donors (Lipinski definition) is 1.